The normalized spacial score (nSPS) is 11.6. The van der Waals surface area contributed by atoms with Crippen LogP contribution in [-0.2, 0) is 23.8 Å². The third-order valence-electron chi connectivity index (χ3n) is 2.38. The van der Waals surface area contributed by atoms with Crippen molar-refractivity contribution in [2.45, 2.75) is 53.6 Å². The highest BCUT2D eigenvalue weighted by molar-refractivity contribution is 5.75. The summed E-state index contributed by atoms with van der Waals surface area (Å²) >= 11 is 0. The van der Waals surface area contributed by atoms with Crippen molar-refractivity contribution in [2.75, 3.05) is 20.4 Å². The lowest BCUT2D eigenvalue weighted by Crippen LogP contribution is -2.35. The van der Waals surface area contributed by atoms with Crippen LogP contribution in [0, 0.1) is 5.41 Å². The van der Waals surface area contributed by atoms with Gasteiger partial charge in [-0.25, -0.2) is 4.79 Å². The zero-order chi connectivity index (χ0) is 17.6. The second-order valence-corrected chi connectivity index (χ2v) is 6.97. The first-order valence-corrected chi connectivity index (χ1v) is 7.10. The Kier molecular flexibility index (Phi) is 7.35. The number of carbonyl (C=O) groups excluding carboxylic acids is 3. The van der Waals surface area contributed by atoms with Crippen LogP contribution in [0.3, 0.4) is 0 Å². The van der Waals surface area contributed by atoms with Crippen LogP contribution in [0.15, 0.2) is 0 Å². The van der Waals surface area contributed by atoms with Gasteiger partial charge in [-0.3, -0.25) is 9.59 Å². The second-order valence-electron chi connectivity index (χ2n) is 6.97. The maximum absolute atomic E-state index is 11.7. The topological polar surface area (TPSA) is 82.1 Å². The Morgan fingerprint density at radius 3 is 1.95 bits per heavy atom. The summed E-state index contributed by atoms with van der Waals surface area (Å²) in [6.45, 7) is 10.1. The van der Waals surface area contributed by atoms with Crippen molar-refractivity contribution in [2.24, 2.45) is 5.41 Å². The molecule has 0 aliphatic heterocycles. The summed E-state index contributed by atoms with van der Waals surface area (Å²) in [6, 6.07) is 0. The molecule has 0 atom stereocenters. The number of esters is 2. The molecule has 0 saturated carbocycles. The van der Waals surface area contributed by atoms with Crippen molar-refractivity contribution >= 4 is 18.0 Å². The molecule has 0 fully saturated rings. The van der Waals surface area contributed by atoms with Gasteiger partial charge in [-0.1, -0.05) is 0 Å². The van der Waals surface area contributed by atoms with E-state index < -0.39 is 35.8 Å². The molecule has 0 aromatic rings. The van der Waals surface area contributed by atoms with Crippen LogP contribution in [0.4, 0.5) is 4.79 Å². The van der Waals surface area contributed by atoms with E-state index in [-0.39, 0.29) is 13.0 Å². The molecule has 0 aliphatic rings. The quantitative estimate of drug-likeness (QED) is 0.572. The van der Waals surface area contributed by atoms with Crippen LogP contribution in [0.5, 0.6) is 0 Å². The van der Waals surface area contributed by atoms with E-state index in [9.17, 15) is 14.4 Å². The van der Waals surface area contributed by atoms with Gasteiger partial charge in [0.25, 0.3) is 0 Å². The first-order chi connectivity index (χ1) is 9.83. The Morgan fingerprint density at radius 2 is 1.50 bits per heavy atom. The molecule has 22 heavy (non-hydrogen) atoms. The molecule has 7 heteroatoms. The molecule has 0 heterocycles. The molecule has 0 unspecified atom stereocenters. The molecule has 0 spiro atoms. The lowest BCUT2D eigenvalue weighted by molar-refractivity contribution is -0.173. The smallest absolute Gasteiger partial charge is 0.410 e. The van der Waals surface area contributed by atoms with E-state index in [0.29, 0.717) is 0 Å². The SMILES string of the molecule is CN(CCC(=O)OCOC(=O)C(C)(C)C)C(=O)OC(C)(C)C. The average molecular weight is 317 g/mol. The van der Waals surface area contributed by atoms with Crippen molar-refractivity contribution in [3.05, 3.63) is 0 Å². The first kappa shape index (κ1) is 20.2. The highest BCUT2D eigenvalue weighted by atomic mass is 16.7. The molecule has 0 aliphatic carbocycles. The summed E-state index contributed by atoms with van der Waals surface area (Å²) in [6.07, 6.45) is -0.525. The van der Waals surface area contributed by atoms with Gasteiger partial charge in [-0.2, -0.15) is 0 Å². The van der Waals surface area contributed by atoms with Gasteiger partial charge in [0, 0.05) is 13.6 Å². The van der Waals surface area contributed by atoms with Crippen molar-refractivity contribution < 1.29 is 28.6 Å². The highest BCUT2D eigenvalue weighted by Gasteiger charge is 2.23. The Hall–Kier alpha value is -1.79. The lowest BCUT2D eigenvalue weighted by atomic mass is 9.98. The van der Waals surface area contributed by atoms with Crippen LogP contribution in [0.1, 0.15) is 48.0 Å². The molecule has 0 N–H and O–H groups in total. The average Bonchev–Trinajstić information content (AvgIpc) is 2.32. The van der Waals surface area contributed by atoms with Crippen molar-refractivity contribution in [3.63, 3.8) is 0 Å². The van der Waals surface area contributed by atoms with Gasteiger partial charge in [0.1, 0.15) is 5.60 Å². The zero-order valence-corrected chi connectivity index (χ0v) is 14.5. The summed E-state index contributed by atoms with van der Waals surface area (Å²) in [5.41, 5.74) is -1.24. The van der Waals surface area contributed by atoms with E-state index in [1.54, 1.807) is 41.5 Å². The first-order valence-electron chi connectivity index (χ1n) is 7.10. The number of rotatable bonds is 5. The Morgan fingerprint density at radius 1 is 0.955 bits per heavy atom. The zero-order valence-electron chi connectivity index (χ0n) is 14.5. The monoisotopic (exact) mass is 317 g/mol. The van der Waals surface area contributed by atoms with Crippen LogP contribution in [0.25, 0.3) is 0 Å². The van der Waals surface area contributed by atoms with Crippen LogP contribution in [0.2, 0.25) is 0 Å². The number of hydrogen-bond acceptors (Lipinski definition) is 6. The van der Waals surface area contributed by atoms with Gasteiger partial charge >= 0.3 is 18.0 Å². The van der Waals surface area contributed by atoms with E-state index >= 15 is 0 Å². The summed E-state index contributed by atoms with van der Waals surface area (Å²) in [7, 11) is 1.53. The van der Waals surface area contributed by atoms with Gasteiger partial charge in [-0.05, 0) is 41.5 Å². The third kappa shape index (κ3) is 9.20. The van der Waals surface area contributed by atoms with E-state index in [1.807, 2.05) is 0 Å². The summed E-state index contributed by atoms with van der Waals surface area (Å²) in [5, 5.41) is 0. The second kappa shape index (κ2) is 8.00. The van der Waals surface area contributed by atoms with E-state index in [1.165, 1.54) is 11.9 Å². The van der Waals surface area contributed by atoms with Gasteiger partial charge in [0.15, 0.2) is 0 Å². The van der Waals surface area contributed by atoms with Crippen LogP contribution in [-0.4, -0.2) is 48.9 Å². The van der Waals surface area contributed by atoms with E-state index in [4.69, 9.17) is 14.2 Å². The van der Waals surface area contributed by atoms with E-state index in [0.717, 1.165) is 0 Å². The molecule has 0 aromatic carbocycles. The molecule has 7 nitrogen and oxygen atoms in total. The number of hydrogen-bond donors (Lipinski definition) is 0. The fraction of sp³-hybridized carbons (Fsp3) is 0.800. The molecule has 0 radical (unpaired) electrons. The third-order valence-corrected chi connectivity index (χ3v) is 2.38. The number of ether oxygens (including phenoxy) is 3. The van der Waals surface area contributed by atoms with Crippen molar-refractivity contribution in [1.82, 2.24) is 4.90 Å². The van der Waals surface area contributed by atoms with E-state index in [2.05, 4.69) is 0 Å². The highest BCUT2D eigenvalue weighted by Crippen LogP contribution is 2.15. The minimum atomic E-state index is -0.649. The number of carbonyl (C=O) groups is 3. The molecule has 1 amide bonds. The number of amides is 1. The minimum Gasteiger partial charge on any atom is -0.444 e. The predicted octanol–water partition coefficient (Wildman–Crippen LogP) is 2.33. The number of nitrogens with zero attached hydrogens (tertiary/aromatic N) is 1. The molecule has 0 aromatic heterocycles. The van der Waals surface area contributed by atoms with Crippen molar-refractivity contribution in [3.8, 4) is 0 Å². The van der Waals surface area contributed by atoms with Gasteiger partial charge < -0.3 is 19.1 Å². The van der Waals surface area contributed by atoms with Gasteiger partial charge in [0.05, 0.1) is 11.8 Å². The van der Waals surface area contributed by atoms with Crippen LogP contribution < -0.4 is 0 Å². The predicted molar refractivity (Wildman–Crippen MR) is 80.0 cm³/mol. The standard InChI is InChI=1S/C15H27NO6/c1-14(2,3)12(18)21-10-20-11(17)8-9-16(7)13(19)22-15(4,5)6/h8-10H2,1-7H3. The molecule has 0 rings (SSSR count). The van der Waals surface area contributed by atoms with Crippen LogP contribution >= 0.6 is 0 Å². The fourth-order valence-electron chi connectivity index (χ4n) is 1.13. The minimum absolute atomic E-state index is 0.0111. The maximum Gasteiger partial charge on any atom is 0.410 e. The Balaban J connectivity index is 4.00. The summed E-state index contributed by atoms with van der Waals surface area (Å²) < 4.78 is 14.7. The fourth-order valence-corrected chi connectivity index (χ4v) is 1.13. The summed E-state index contributed by atoms with van der Waals surface area (Å²) in [5.74, 6) is -1.01. The van der Waals surface area contributed by atoms with Gasteiger partial charge in [0.2, 0.25) is 6.79 Å². The largest absolute Gasteiger partial charge is 0.444 e. The molecular weight excluding hydrogens is 290 g/mol. The summed E-state index contributed by atoms with van der Waals surface area (Å²) in [4.78, 5) is 35.9. The molecule has 128 valence electrons. The maximum atomic E-state index is 11.7. The molecular formula is C15H27NO6. The molecule has 0 bridgehead atoms. The molecule has 0 saturated heterocycles. The lowest BCUT2D eigenvalue weighted by Gasteiger charge is -2.24. The van der Waals surface area contributed by atoms with Gasteiger partial charge in [-0.15, -0.1) is 0 Å². The van der Waals surface area contributed by atoms with Crippen molar-refractivity contribution in [1.29, 1.82) is 0 Å². The Labute approximate surface area is 131 Å². The Bertz CT molecular complexity index is 405.